The Labute approximate surface area is 176 Å². The number of esters is 1. The van der Waals surface area contributed by atoms with Crippen molar-refractivity contribution in [3.63, 3.8) is 0 Å². The standard InChI is InChI=1S/C24H26O6/c1-5-12-29-20-15-21(30-13-6-2)23(19(18(20)7-3)14-22(26)28-4)24(27)16-8-10-17(25)11-9-16/h5-6,8-11,15,25H,1-2,7,12-14H2,3-4H3. The van der Waals surface area contributed by atoms with Gasteiger partial charge in [0.05, 0.1) is 19.1 Å². The number of benzene rings is 2. The SMILES string of the molecule is C=CCOc1cc(OCC=C)c(C(=O)c2ccc(O)cc2)c(CC(=O)OC)c1CC. The largest absolute Gasteiger partial charge is 0.508 e. The second-order valence-corrected chi connectivity index (χ2v) is 6.39. The molecule has 1 N–H and O–H groups in total. The van der Waals surface area contributed by atoms with Gasteiger partial charge in [0, 0.05) is 11.6 Å². The van der Waals surface area contributed by atoms with Crippen LogP contribution in [-0.2, 0) is 22.4 Å². The lowest BCUT2D eigenvalue weighted by Crippen LogP contribution is -2.16. The fourth-order valence-corrected chi connectivity index (χ4v) is 3.07. The van der Waals surface area contributed by atoms with Crippen molar-refractivity contribution >= 4 is 11.8 Å². The number of ether oxygens (including phenoxy) is 3. The van der Waals surface area contributed by atoms with Gasteiger partial charge in [0.15, 0.2) is 5.78 Å². The number of methoxy groups -OCH3 is 1. The van der Waals surface area contributed by atoms with Crippen molar-refractivity contribution in [2.75, 3.05) is 20.3 Å². The van der Waals surface area contributed by atoms with Gasteiger partial charge in [-0.3, -0.25) is 9.59 Å². The summed E-state index contributed by atoms with van der Waals surface area (Å²) in [7, 11) is 1.29. The van der Waals surface area contributed by atoms with Gasteiger partial charge in [-0.05, 0) is 41.8 Å². The minimum atomic E-state index is -0.486. The number of hydrogen-bond donors (Lipinski definition) is 1. The van der Waals surface area contributed by atoms with E-state index in [2.05, 4.69) is 13.2 Å². The van der Waals surface area contributed by atoms with Gasteiger partial charge < -0.3 is 19.3 Å². The third kappa shape index (κ3) is 5.29. The summed E-state index contributed by atoms with van der Waals surface area (Å²) in [6.45, 7) is 9.65. The number of rotatable bonds is 11. The second-order valence-electron chi connectivity index (χ2n) is 6.39. The van der Waals surface area contributed by atoms with Crippen LogP contribution in [0.25, 0.3) is 0 Å². The Balaban J connectivity index is 2.76. The third-order valence-electron chi connectivity index (χ3n) is 4.44. The molecule has 0 atom stereocenters. The van der Waals surface area contributed by atoms with Crippen molar-refractivity contribution in [3.05, 3.63) is 77.9 Å². The van der Waals surface area contributed by atoms with Crippen LogP contribution in [0.15, 0.2) is 55.6 Å². The van der Waals surface area contributed by atoms with E-state index in [0.29, 0.717) is 23.3 Å². The summed E-state index contributed by atoms with van der Waals surface area (Å²) < 4.78 is 16.4. The highest BCUT2D eigenvalue weighted by atomic mass is 16.5. The van der Waals surface area contributed by atoms with Gasteiger partial charge in [0.25, 0.3) is 0 Å². The van der Waals surface area contributed by atoms with E-state index in [-0.39, 0.29) is 42.5 Å². The zero-order valence-electron chi connectivity index (χ0n) is 17.3. The van der Waals surface area contributed by atoms with Crippen molar-refractivity contribution in [2.45, 2.75) is 19.8 Å². The summed E-state index contributed by atoms with van der Waals surface area (Å²) in [6.07, 6.45) is 3.58. The molecule has 0 heterocycles. The van der Waals surface area contributed by atoms with E-state index in [1.165, 1.54) is 31.4 Å². The van der Waals surface area contributed by atoms with E-state index in [1.54, 1.807) is 18.2 Å². The van der Waals surface area contributed by atoms with Gasteiger partial charge in [0.2, 0.25) is 0 Å². The van der Waals surface area contributed by atoms with Crippen molar-refractivity contribution in [3.8, 4) is 17.2 Å². The fraction of sp³-hybridized carbons (Fsp3) is 0.250. The first-order valence-corrected chi connectivity index (χ1v) is 9.53. The van der Waals surface area contributed by atoms with E-state index >= 15 is 0 Å². The zero-order chi connectivity index (χ0) is 22.1. The van der Waals surface area contributed by atoms with Crippen LogP contribution >= 0.6 is 0 Å². The smallest absolute Gasteiger partial charge is 0.310 e. The molecule has 6 nitrogen and oxygen atoms in total. The lowest BCUT2D eigenvalue weighted by molar-refractivity contribution is -0.139. The van der Waals surface area contributed by atoms with E-state index in [1.807, 2.05) is 6.92 Å². The van der Waals surface area contributed by atoms with Crippen molar-refractivity contribution in [1.82, 2.24) is 0 Å². The number of carbonyl (C=O) groups excluding carboxylic acids is 2. The van der Waals surface area contributed by atoms with Crippen LogP contribution < -0.4 is 9.47 Å². The number of hydrogen-bond acceptors (Lipinski definition) is 6. The summed E-state index contributed by atoms with van der Waals surface area (Å²) in [5, 5.41) is 9.55. The molecule has 6 heteroatoms. The maximum atomic E-state index is 13.4. The molecule has 0 aliphatic heterocycles. The fourth-order valence-electron chi connectivity index (χ4n) is 3.07. The molecule has 0 bridgehead atoms. The first kappa shape index (κ1) is 22.7. The molecular formula is C24H26O6. The molecule has 0 aliphatic rings. The minimum absolute atomic E-state index is 0.0480. The molecule has 0 unspecified atom stereocenters. The Kier molecular flexibility index (Phi) is 8.23. The van der Waals surface area contributed by atoms with Crippen LogP contribution in [0.5, 0.6) is 17.2 Å². The number of carbonyl (C=O) groups is 2. The second kappa shape index (κ2) is 10.9. The van der Waals surface area contributed by atoms with Crippen molar-refractivity contribution < 1.29 is 28.9 Å². The van der Waals surface area contributed by atoms with E-state index in [0.717, 1.165) is 5.56 Å². The molecule has 0 saturated carbocycles. The molecule has 0 aromatic heterocycles. The number of aromatic hydroxyl groups is 1. The molecule has 0 spiro atoms. The number of ketones is 1. The van der Waals surface area contributed by atoms with Gasteiger partial charge in [0.1, 0.15) is 30.5 Å². The van der Waals surface area contributed by atoms with Crippen LogP contribution in [0.3, 0.4) is 0 Å². The van der Waals surface area contributed by atoms with Gasteiger partial charge in [-0.2, -0.15) is 0 Å². The summed E-state index contributed by atoms with van der Waals surface area (Å²) in [5.74, 6) is 0.0191. The van der Waals surface area contributed by atoms with Crippen LogP contribution in [0.1, 0.15) is 34.0 Å². The van der Waals surface area contributed by atoms with Crippen LogP contribution in [0.2, 0.25) is 0 Å². The minimum Gasteiger partial charge on any atom is -0.508 e. The Bertz CT molecular complexity index is 928. The molecule has 0 radical (unpaired) electrons. The predicted octanol–water partition coefficient (Wildman–Crippen LogP) is 4.03. The maximum Gasteiger partial charge on any atom is 0.310 e. The molecule has 2 rings (SSSR count). The molecule has 0 saturated heterocycles. The lowest BCUT2D eigenvalue weighted by Gasteiger charge is -2.21. The Morgan fingerprint density at radius 3 is 2.13 bits per heavy atom. The summed E-state index contributed by atoms with van der Waals surface area (Å²) in [6, 6.07) is 7.55. The van der Waals surface area contributed by atoms with Crippen molar-refractivity contribution in [2.24, 2.45) is 0 Å². The predicted molar refractivity (Wildman–Crippen MR) is 114 cm³/mol. The quantitative estimate of drug-likeness (QED) is 0.342. The first-order valence-electron chi connectivity index (χ1n) is 9.53. The molecule has 2 aromatic rings. The average molecular weight is 410 g/mol. The summed E-state index contributed by atoms with van der Waals surface area (Å²) >= 11 is 0. The Morgan fingerprint density at radius 2 is 1.60 bits per heavy atom. The lowest BCUT2D eigenvalue weighted by atomic mass is 9.90. The van der Waals surface area contributed by atoms with Crippen LogP contribution in [0, 0.1) is 0 Å². The molecule has 0 aliphatic carbocycles. The monoisotopic (exact) mass is 410 g/mol. The topological polar surface area (TPSA) is 82.1 Å². The first-order chi connectivity index (χ1) is 14.5. The van der Waals surface area contributed by atoms with Gasteiger partial charge >= 0.3 is 5.97 Å². The molecule has 158 valence electrons. The highest BCUT2D eigenvalue weighted by Gasteiger charge is 2.26. The van der Waals surface area contributed by atoms with Gasteiger partial charge in [-0.25, -0.2) is 0 Å². The molecule has 0 fully saturated rings. The average Bonchev–Trinajstić information content (AvgIpc) is 2.75. The van der Waals surface area contributed by atoms with E-state index in [4.69, 9.17) is 14.2 Å². The summed E-state index contributed by atoms with van der Waals surface area (Å²) in [4.78, 5) is 25.6. The van der Waals surface area contributed by atoms with E-state index < -0.39 is 5.97 Å². The number of phenolic OH excluding ortho intramolecular Hbond substituents is 1. The highest BCUT2D eigenvalue weighted by Crippen LogP contribution is 2.37. The van der Waals surface area contributed by atoms with Crippen LogP contribution in [-0.4, -0.2) is 37.2 Å². The number of phenols is 1. The molecule has 0 amide bonds. The highest BCUT2D eigenvalue weighted by molar-refractivity contribution is 6.12. The molecule has 2 aromatic carbocycles. The van der Waals surface area contributed by atoms with E-state index in [9.17, 15) is 14.7 Å². The third-order valence-corrected chi connectivity index (χ3v) is 4.44. The maximum absolute atomic E-state index is 13.4. The Hall–Kier alpha value is -3.54. The zero-order valence-corrected chi connectivity index (χ0v) is 17.3. The molecule has 30 heavy (non-hydrogen) atoms. The summed E-state index contributed by atoms with van der Waals surface area (Å²) in [5.41, 5.74) is 1.82. The van der Waals surface area contributed by atoms with Gasteiger partial charge in [-0.1, -0.05) is 32.2 Å². The van der Waals surface area contributed by atoms with Crippen LogP contribution in [0.4, 0.5) is 0 Å². The van der Waals surface area contributed by atoms with Crippen molar-refractivity contribution in [1.29, 1.82) is 0 Å². The normalized spacial score (nSPS) is 10.2. The Morgan fingerprint density at radius 1 is 1.00 bits per heavy atom. The molecular weight excluding hydrogens is 384 g/mol. The van der Waals surface area contributed by atoms with Gasteiger partial charge in [-0.15, -0.1) is 0 Å².